The molecule has 0 spiro atoms. The number of hydrogen-bond donors (Lipinski definition) is 2. The maximum atomic E-state index is 12.1. The van der Waals surface area contributed by atoms with Crippen molar-refractivity contribution in [1.29, 1.82) is 0 Å². The number of hydrogen-bond acceptors (Lipinski definition) is 4. The smallest absolute Gasteiger partial charge is 0.226 e. The van der Waals surface area contributed by atoms with Crippen LogP contribution in [0.15, 0.2) is 28.7 Å². The van der Waals surface area contributed by atoms with E-state index in [9.17, 15) is 4.79 Å². The number of benzene rings is 1. The molecule has 2 aromatic rings. The zero-order valence-corrected chi connectivity index (χ0v) is 14.9. The second-order valence-electron chi connectivity index (χ2n) is 6.19. The molecule has 1 saturated heterocycles. The van der Waals surface area contributed by atoms with Crippen molar-refractivity contribution < 1.29 is 9.21 Å². The molecule has 1 unspecified atom stereocenters. The van der Waals surface area contributed by atoms with Gasteiger partial charge in [0.05, 0.1) is 5.69 Å². The Morgan fingerprint density at radius 2 is 2.25 bits per heavy atom. The molecular formula is C18H24ClN3O2. The van der Waals surface area contributed by atoms with Gasteiger partial charge in [0.25, 0.3) is 0 Å². The van der Waals surface area contributed by atoms with Gasteiger partial charge in [-0.1, -0.05) is 6.07 Å². The predicted molar refractivity (Wildman–Crippen MR) is 97.5 cm³/mol. The molecule has 5 nitrogen and oxygen atoms in total. The van der Waals surface area contributed by atoms with Crippen LogP contribution in [-0.4, -0.2) is 24.0 Å². The Hall–Kier alpha value is -1.85. The van der Waals surface area contributed by atoms with Crippen molar-refractivity contribution in [3.05, 3.63) is 35.7 Å². The Kier molecular flexibility index (Phi) is 6.40. The van der Waals surface area contributed by atoms with E-state index in [4.69, 9.17) is 4.42 Å². The number of amides is 1. The molecule has 6 heteroatoms. The fourth-order valence-electron chi connectivity index (χ4n) is 2.85. The van der Waals surface area contributed by atoms with Crippen LogP contribution in [0, 0.1) is 19.8 Å². The van der Waals surface area contributed by atoms with Crippen molar-refractivity contribution in [3.8, 4) is 11.5 Å². The highest BCUT2D eigenvalue weighted by Gasteiger charge is 2.16. The molecule has 24 heavy (non-hydrogen) atoms. The van der Waals surface area contributed by atoms with Crippen LogP contribution < -0.4 is 10.6 Å². The van der Waals surface area contributed by atoms with E-state index in [1.165, 1.54) is 6.42 Å². The zero-order chi connectivity index (χ0) is 16.2. The molecule has 1 aromatic heterocycles. The van der Waals surface area contributed by atoms with E-state index in [0.717, 1.165) is 42.2 Å². The number of carbonyl (C=O) groups excluding carboxylic acids is 1. The van der Waals surface area contributed by atoms with E-state index < -0.39 is 0 Å². The van der Waals surface area contributed by atoms with Gasteiger partial charge in [0.15, 0.2) is 0 Å². The molecule has 1 aromatic carbocycles. The SMILES string of the molecule is Cc1nc(-c2cccc(NC(=O)CCC3CCNC3)c2)oc1C.Cl. The van der Waals surface area contributed by atoms with Crippen LogP contribution in [0.5, 0.6) is 0 Å². The average molecular weight is 350 g/mol. The molecule has 1 amide bonds. The van der Waals surface area contributed by atoms with E-state index in [2.05, 4.69) is 15.6 Å². The van der Waals surface area contributed by atoms with Gasteiger partial charge in [-0.3, -0.25) is 4.79 Å². The standard InChI is InChI=1S/C18H23N3O2.ClH/c1-12-13(2)23-18(20-12)15-4-3-5-16(10-15)21-17(22)7-6-14-8-9-19-11-14;/h3-5,10,14,19H,6-9,11H2,1-2H3,(H,21,22);1H. The highest BCUT2D eigenvalue weighted by Crippen LogP contribution is 2.24. The van der Waals surface area contributed by atoms with Crippen molar-refractivity contribution in [2.24, 2.45) is 5.92 Å². The van der Waals surface area contributed by atoms with Gasteiger partial charge in [-0.05, 0) is 63.9 Å². The number of halogens is 1. The van der Waals surface area contributed by atoms with E-state index in [1.807, 2.05) is 38.1 Å². The minimum absolute atomic E-state index is 0. The number of rotatable bonds is 5. The van der Waals surface area contributed by atoms with Crippen molar-refractivity contribution in [1.82, 2.24) is 10.3 Å². The van der Waals surface area contributed by atoms with Gasteiger partial charge in [0, 0.05) is 17.7 Å². The molecule has 0 bridgehead atoms. The number of carbonyl (C=O) groups is 1. The molecule has 0 saturated carbocycles. The van der Waals surface area contributed by atoms with Crippen LogP contribution in [-0.2, 0) is 4.79 Å². The molecule has 0 aliphatic carbocycles. The van der Waals surface area contributed by atoms with Gasteiger partial charge < -0.3 is 15.1 Å². The maximum Gasteiger partial charge on any atom is 0.226 e. The number of anilines is 1. The molecule has 130 valence electrons. The van der Waals surface area contributed by atoms with Crippen LogP contribution in [0.1, 0.15) is 30.7 Å². The van der Waals surface area contributed by atoms with E-state index in [-0.39, 0.29) is 18.3 Å². The van der Waals surface area contributed by atoms with Gasteiger partial charge >= 0.3 is 0 Å². The molecule has 1 atom stereocenters. The third-order valence-electron chi connectivity index (χ3n) is 4.36. The lowest BCUT2D eigenvalue weighted by atomic mass is 10.0. The first kappa shape index (κ1) is 18.5. The van der Waals surface area contributed by atoms with Gasteiger partial charge in [0.2, 0.25) is 11.8 Å². The van der Waals surface area contributed by atoms with Crippen LogP contribution in [0.2, 0.25) is 0 Å². The van der Waals surface area contributed by atoms with E-state index in [0.29, 0.717) is 18.2 Å². The van der Waals surface area contributed by atoms with Crippen LogP contribution >= 0.6 is 12.4 Å². The van der Waals surface area contributed by atoms with Crippen LogP contribution in [0.4, 0.5) is 5.69 Å². The summed E-state index contributed by atoms with van der Waals surface area (Å²) in [4.78, 5) is 16.5. The van der Waals surface area contributed by atoms with Gasteiger partial charge in [0.1, 0.15) is 5.76 Å². The summed E-state index contributed by atoms with van der Waals surface area (Å²) in [5.41, 5.74) is 2.55. The van der Waals surface area contributed by atoms with Crippen molar-refractivity contribution >= 4 is 24.0 Å². The van der Waals surface area contributed by atoms with Gasteiger partial charge in [-0.15, -0.1) is 12.4 Å². The highest BCUT2D eigenvalue weighted by atomic mass is 35.5. The average Bonchev–Trinajstić information content (AvgIpc) is 3.16. The molecule has 1 aliphatic rings. The fourth-order valence-corrected chi connectivity index (χ4v) is 2.85. The summed E-state index contributed by atoms with van der Waals surface area (Å²) < 4.78 is 5.64. The summed E-state index contributed by atoms with van der Waals surface area (Å²) in [6, 6.07) is 7.63. The first-order valence-corrected chi connectivity index (χ1v) is 8.17. The lowest BCUT2D eigenvalue weighted by Gasteiger charge is -2.09. The Balaban J connectivity index is 0.00000208. The van der Waals surface area contributed by atoms with Gasteiger partial charge in [-0.2, -0.15) is 0 Å². The quantitative estimate of drug-likeness (QED) is 0.863. The summed E-state index contributed by atoms with van der Waals surface area (Å²) in [5, 5.41) is 6.30. The summed E-state index contributed by atoms with van der Waals surface area (Å²) in [7, 11) is 0. The molecule has 1 fully saturated rings. The monoisotopic (exact) mass is 349 g/mol. The maximum absolute atomic E-state index is 12.1. The lowest BCUT2D eigenvalue weighted by Crippen LogP contribution is -2.15. The molecule has 2 N–H and O–H groups in total. The number of aryl methyl sites for hydroxylation is 2. The minimum atomic E-state index is 0. The summed E-state index contributed by atoms with van der Waals surface area (Å²) in [6.45, 7) is 5.93. The van der Waals surface area contributed by atoms with Crippen molar-refractivity contribution in [2.45, 2.75) is 33.1 Å². The van der Waals surface area contributed by atoms with Crippen molar-refractivity contribution in [2.75, 3.05) is 18.4 Å². The largest absolute Gasteiger partial charge is 0.441 e. The van der Waals surface area contributed by atoms with E-state index >= 15 is 0 Å². The normalized spacial score (nSPS) is 16.7. The fraction of sp³-hybridized carbons (Fsp3) is 0.444. The Morgan fingerprint density at radius 1 is 1.42 bits per heavy atom. The Bertz CT molecular complexity index is 674. The Morgan fingerprint density at radius 3 is 2.92 bits per heavy atom. The number of oxazole rings is 1. The molecule has 2 heterocycles. The molecule has 1 aliphatic heterocycles. The molecule has 3 rings (SSSR count). The zero-order valence-electron chi connectivity index (χ0n) is 14.1. The predicted octanol–water partition coefficient (Wildman–Crippen LogP) is 3.71. The Labute approximate surface area is 148 Å². The number of nitrogens with zero attached hydrogens (tertiary/aromatic N) is 1. The van der Waals surface area contributed by atoms with Crippen molar-refractivity contribution in [3.63, 3.8) is 0 Å². The summed E-state index contributed by atoms with van der Waals surface area (Å²) >= 11 is 0. The van der Waals surface area contributed by atoms with Crippen LogP contribution in [0.3, 0.4) is 0 Å². The summed E-state index contributed by atoms with van der Waals surface area (Å²) in [5.74, 6) is 2.10. The van der Waals surface area contributed by atoms with Gasteiger partial charge in [-0.25, -0.2) is 4.98 Å². The second kappa shape index (κ2) is 8.31. The number of nitrogens with one attached hydrogen (secondary N) is 2. The lowest BCUT2D eigenvalue weighted by molar-refractivity contribution is -0.116. The molecular weight excluding hydrogens is 326 g/mol. The third kappa shape index (κ3) is 4.58. The first-order chi connectivity index (χ1) is 11.1. The summed E-state index contributed by atoms with van der Waals surface area (Å²) in [6.07, 6.45) is 2.68. The third-order valence-corrected chi connectivity index (χ3v) is 4.36. The second-order valence-corrected chi connectivity index (χ2v) is 6.19. The highest BCUT2D eigenvalue weighted by molar-refractivity contribution is 5.91. The van der Waals surface area contributed by atoms with Crippen LogP contribution in [0.25, 0.3) is 11.5 Å². The number of aromatic nitrogens is 1. The molecule has 0 radical (unpaired) electrons. The van der Waals surface area contributed by atoms with E-state index in [1.54, 1.807) is 0 Å². The first-order valence-electron chi connectivity index (χ1n) is 8.17. The topological polar surface area (TPSA) is 67.2 Å². The minimum Gasteiger partial charge on any atom is -0.441 e.